The number of hydrogen-bond acceptors (Lipinski definition) is 4. The van der Waals surface area contributed by atoms with Crippen LogP contribution in [0, 0.1) is 0 Å². The lowest BCUT2D eigenvalue weighted by Gasteiger charge is -2.24. The average molecular weight is 273 g/mol. The van der Waals surface area contributed by atoms with Gasteiger partial charge in [-0.25, -0.2) is 0 Å². The molecule has 114 valence electrons. The van der Waals surface area contributed by atoms with Crippen molar-refractivity contribution < 1.29 is 14.6 Å². The number of rotatable bonds is 11. The first kappa shape index (κ1) is 16.9. The van der Waals surface area contributed by atoms with Gasteiger partial charge >= 0.3 is 0 Å². The Bertz CT molecular complexity index is 217. The van der Waals surface area contributed by atoms with Crippen molar-refractivity contribution in [2.45, 2.75) is 64.1 Å². The van der Waals surface area contributed by atoms with Gasteiger partial charge in [0.25, 0.3) is 0 Å². The van der Waals surface area contributed by atoms with Gasteiger partial charge in [0, 0.05) is 26.3 Å². The van der Waals surface area contributed by atoms with Crippen LogP contribution in [0.15, 0.2) is 0 Å². The molecule has 2 N–H and O–H groups in total. The molecule has 0 aliphatic carbocycles. The van der Waals surface area contributed by atoms with Crippen LogP contribution in [-0.4, -0.2) is 49.7 Å². The number of aliphatic hydroxyl groups is 1. The van der Waals surface area contributed by atoms with Gasteiger partial charge in [0.15, 0.2) is 0 Å². The third kappa shape index (κ3) is 7.88. The summed E-state index contributed by atoms with van der Waals surface area (Å²) in [4.78, 5) is 0. The maximum absolute atomic E-state index is 9.78. The van der Waals surface area contributed by atoms with Crippen molar-refractivity contribution in [1.82, 2.24) is 5.32 Å². The van der Waals surface area contributed by atoms with Crippen molar-refractivity contribution in [2.75, 3.05) is 32.9 Å². The van der Waals surface area contributed by atoms with Crippen molar-refractivity contribution in [1.29, 1.82) is 0 Å². The number of hydrogen-bond donors (Lipinski definition) is 2. The minimum Gasteiger partial charge on any atom is -0.389 e. The first-order chi connectivity index (χ1) is 9.16. The first-order valence-corrected chi connectivity index (χ1v) is 7.77. The maximum Gasteiger partial charge on any atom is 0.0897 e. The van der Waals surface area contributed by atoms with E-state index in [1.165, 1.54) is 19.3 Å². The molecular formula is C15H31NO3. The molecule has 4 heteroatoms. The van der Waals surface area contributed by atoms with Crippen LogP contribution in [0.4, 0.5) is 0 Å². The van der Waals surface area contributed by atoms with Crippen LogP contribution in [0.3, 0.4) is 0 Å². The summed E-state index contributed by atoms with van der Waals surface area (Å²) in [5, 5.41) is 13.1. The van der Waals surface area contributed by atoms with E-state index < -0.39 is 6.10 Å². The van der Waals surface area contributed by atoms with Gasteiger partial charge in [0.05, 0.1) is 18.3 Å². The van der Waals surface area contributed by atoms with E-state index in [1.54, 1.807) is 0 Å². The summed E-state index contributed by atoms with van der Waals surface area (Å²) in [7, 11) is 0. The zero-order valence-corrected chi connectivity index (χ0v) is 12.6. The minimum atomic E-state index is -0.420. The molecule has 1 aliphatic heterocycles. The third-order valence-corrected chi connectivity index (χ3v) is 3.63. The molecule has 2 atom stereocenters. The molecule has 0 aromatic heterocycles. The highest BCUT2D eigenvalue weighted by atomic mass is 16.5. The molecule has 1 rings (SSSR count). The average Bonchev–Trinajstić information content (AvgIpc) is 2.81. The van der Waals surface area contributed by atoms with Crippen molar-refractivity contribution >= 4 is 0 Å². The van der Waals surface area contributed by atoms with Crippen LogP contribution in [0.2, 0.25) is 0 Å². The highest BCUT2D eigenvalue weighted by Gasteiger charge is 2.29. The lowest BCUT2D eigenvalue weighted by Crippen LogP contribution is -2.41. The largest absolute Gasteiger partial charge is 0.389 e. The maximum atomic E-state index is 9.78. The Hall–Kier alpha value is -0.160. The summed E-state index contributed by atoms with van der Waals surface area (Å²) in [5.74, 6) is 0. The Kier molecular flexibility index (Phi) is 8.62. The molecular weight excluding hydrogens is 242 g/mol. The number of ether oxygens (including phenoxy) is 2. The summed E-state index contributed by atoms with van der Waals surface area (Å²) < 4.78 is 11.2. The Morgan fingerprint density at radius 2 is 2.21 bits per heavy atom. The molecule has 2 unspecified atom stereocenters. The monoisotopic (exact) mass is 273 g/mol. The van der Waals surface area contributed by atoms with Crippen LogP contribution in [0.1, 0.15) is 52.4 Å². The normalized spacial score (nSPS) is 24.8. The minimum absolute atomic E-state index is 0.0409. The van der Waals surface area contributed by atoms with Gasteiger partial charge in [-0.2, -0.15) is 0 Å². The van der Waals surface area contributed by atoms with Gasteiger partial charge < -0.3 is 19.9 Å². The first-order valence-electron chi connectivity index (χ1n) is 7.77. The third-order valence-electron chi connectivity index (χ3n) is 3.63. The molecule has 19 heavy (non-hydrogen) atoms. The van der Waals surface area contributed by atoms with Crippen molar-refractivity contribution in [3.63, 3.8) is 0 Å². The molecule has 0 aromatic carbocycles. The summed E-state index contributed by atoms with van der Waals surface area (Å²) >= 11 is 0. The Morgan fingerprint density at radius 1 is 1.37 bits per heavy atom. The van der Waals surface area contributed by atoms with Crippen LogP contribution >= 0.6 is 0 Å². The fraction of sp³-hybridized carbons (Fsp3) is 1.00. The molecule has 0 aromatic rings. The number of nitrogens with one attached hydrogen (secondary N) is 1. The van der Waals surface area contributed by atoms with Gasteiger partial charge in [0.2, 0.25) is 0 Å². The molecule has 1 aliphatic rings. The highest BCUT2D eigenvalue weighted by Crippen LogP contribution is 2.23. The van der Waals surface area contributed by atoms with Crippen molar-refractivity contribution in [3.05, 3.63) is 0 Å². The van der Waals surface area contributed by atoms with Crippen LogP contribution < -0.4 is 5.32 Å². The van der Waals surface area contributed by atoms with E-state index in [4.69, 9.17) is 9.47 Å². The second-order valence-electron chi connectivity index (χ2n) is 5.82. The van der Waals surface area contributed by atoms with Crippen molar-refractivity contribution in [3.8, 4) is 0 Å². The van der Waals surface area contributed by atoms with E-state index in [0.29, 0.717) is 13.2 Å². The second kappa shape index (κ2) is 9.70. The van der Waals surface area contributed by atoms with E-state index >= 15 is 0 Å². The molecule has 0 radical (unpaired) electrons. The highest BCUT2D eigenvalue weighted by molar-refractivity contribution is 4.82. The van der Waals surface area contributed by atoms with E-state index in [-0.39, 0.29) is 5.60 Å². The quantitative estimate of drug-likeness (QED) is 0.566. The Balaban J connectivity index is 1.91. The second-order valence-corrected chi connectivity index (χ2v) is 5.82. The van der Waals surface area contributed by atoms with Crippen LogP contribution in [0.5, 0.6) is 0 Å². The molecule has 0 spiro atoms. The zero-order chi connectivity index (χ0) is 14.0. The van der Waals surface area contributed by atoms with Crippen molar-refractivity contribution in [2.24, 2.45) is 0 Å². The summed E-state index contributed by atoms with van der Waals surface area (Å²) in [6.07, 6.45) is 6.65. The lowest BCUT2D eigenvalue weighted by atomic mass is 10.0. The SMILES string of the molecule is CCCCCCOCC(O)CNCC1(C)CCCO1. The molecule has 0 bridgehead atoms. The predicted molar refractivity (Wildman–Crippen MR) is 77.4 cm³/mol. The summed E-state index contributed by atoms with van der Waals surface area (Å²) in [6, 6.07) is 0. The topological polar surface area (TPSA) is 50.7 Å². The predicted octanol–water partition coefficient (Wildman–Crippen LogP) is 2.10. The van der Waals surface area contributed by atoms with E-state index in [0.717, 1.165) is 39.0 Å². The standard InChI is InChI=1S/C15H31NO3/c1-3-4-5-6-9-18-12-14(17)11-16-13-15(2)8-7-10-19-15/h14,16-17H,3-13H2,1-2H3. The zero-order valence-electron chi connectivity index (χ0n) is 12.6. The summed E-state index contributed by atoms with van der Waals surface area (Å²) in [5.41, 5.74) is -0.0409. The van der Waals surface area contributed by atoms with Crippen LogP contribution in [0.25, 0.3) is 0 Å². The molecule has 1 saturated heterocycles. The fourth-order valence-electron chi connectivity index (χ4n) is 2.39. The molecule has 1 fully saturated rings. The van der Waals surface area contributed by atoms with Gasteiger partial charge in [-0.05, 0) is 26.2 Å². The van der Waals surface area contributed by atoms with Gasteiger partial charge in [-0.1, -0.05) is 26.2 Å². The Morgan fingerprint density at radius 3 is 2.89 bits per heavy atom. The summed E-state index contributed by atoms with van der Waals surface area (Å²) in [6.45, 7) is 7.76. The van der Waals surface area contributed by atoms with E-state index in [9.17, 15) is 5.11 Å². The fourth-order valence-corrected chi connectivity index (χ4v) is 2.39. The molecule has 1 heterocycles. The van der Waals surface area contributed by atoms with Crippen LogP contribution in [-0.2, 0) is 9.47 Å². The lowest BCUT2D eigenvalue weighted by molar-refractivity contribution is 0.0101. The van der Waals surface area contributed by atoms with Gasteiger partial charge in [-0.3, -0.25) is 0 Å². The van der Waals surface area contributed by atoms with Gasteiger partial charge in [-0.15, -0.1) is 0 Å². The smallest absolute Gasteiger partial charge is 0.0897 e. The molecule has 0 amide bonds. The number of aliphatic hydroxyl groups excluding tert-OH is 1. The van der Waals surface area contributed by atoms with E-state index in [2.05, 4.69) is 19.2 Å². The molecule has 0 saturated carbocycles. The Labute approximate surface area is 117 Å². The number of unbranched alkanes of at least 4 members (excludes halogenated alkanes) is 3. The molecule has 4 nitrogen and oxygen atoms in total. The van der Waals surface area contributed by atoms with Gasteiger partial charge in [0.1, 0.15) is 0 Å². The van der Waals surface area contributed by atoms with E-state index in [1.807, 2.05) is 0 Å².